The molecular formula is C16H33N3O2. The predicted octanol–water partition coefficient (Wildman–Crippen LogP) is 1.46. The second kappa shape index (κ2) is 8.71. The molecule has 21 heavy (non-hydrogen) atoms. The number of rotatable bonds is 8. The number of ether oxygens (including phenoxy) is 1. The number of carbonyl (C=O) groups excluding carboxylic acids is 1. The Balaban J connectivity index is 2.66. The number of amides is 1. The van der Waals surface area contributed by atoms with Crippen LogP contribution in [0.3, 0.4) is 0 Å². The minimum atomic E-state index is -0.722. The van der Waals surface area contributed by atoms with Crippen molar-refractivity contribution in [1.82, 2.24) is 9.80 Å². The summed E-state index contributed by atoms with van der Waals surface area (Å²) in [6.45, 7) is 10.3. The highest BCUT2D eigenvalue weighted by Gasteiger charge is 2.36. The van der Waals surface area contributed by atoms with Crippen LogP contribution in [-0.2, 0) is 9.53 Å². The number of nitrogens with zero attached hydrogens (tertiary/aromatic N) is 2. The van der Waals surface area contributed by atoms with Crippen LogP contribution in [0.5, 0.6) is 0 Å². The Labute approximate surface area is 129 Å². The summed E-state index contributed by atoms with van der Waals surface area (Å²) in [5.74, 6) is 0.108. The molecule has 5 heteroatoms. The van der Waals surface area contributed by atoms with E-state index in [0.29, 0.717) is 6.04 Å². The largest absolute Gasteiger partial charge is 0.383 e. The molecule has 0 aromatic carbocycles. The molecular weight excluding hydrogens is 266 g/mol. The molecule has 1 heterocycles. The Morgan fingerprint density at radius 1 is 1.33 bits per heavy atom. The van der Waals surface area contributed by atoms with Gasteiger partial charge in [0.05, 0.1) is 12.1 Å². The van der Waals surface area contributed by atoms with E-state index in [-0.39, 0.29) is 5.91 Å². The lowest BCUT2D eigenvalue weighted by atomic mass is 9.94. The molecule has 0 aromatic heterocycles. The quantitative estimate of drug-likeness (QED) is 0.737. The fourth-order valence-electron chi connectivity index (χ4n) is 3.17. The van der Waals surface area contributed by atoms with E-state index in [4.69, 9.17) is 10.5 Å². The Kier molecular flexibility index (Phi) is 7.63. The molecule has 0 spiro atoms. The van der Waals surface area contributed by atoms with E-state index in [2.05, 4.69) is 18.7 Å². The number of nitrogens with two attached hydrogens (primary N) is 1. The lowest BCUT2D eigenvalue weighted by Crippen LogP contribution is -2.61. The molecule has 1 amide bonds. The average molecular weight is 299 g/mol. The van der Waals surface area contributed by atoms with Crippen LogP contribution in [0, 0.1) is 0 Å². The van der Waals surface area contributed by atoms with Gasteiger partial charge in [0.2, 0.25) is 5.91 Å². The summed E-state index contributed by atoms with van der Waals surface area (Å²) < 4.78 is 5.19. The Morgan fingerprint density at radius 3 is 2.62 bits per heavy atom. The summed E-state index contributed by atoms with van der Waals surface area (Å²) in [6.07, 6.45) is 3.92. The first kappa shape index (κ1) is 18.4. The topological polar surface area (TPSA) is 58.8 Å². The molecule has 2 unspecified atom stereocenters. The number of carbonyl (C=O) groups is 1. The first-order valence-corrected chi connectivity index (χ1v) is 8.27. The zero-order valence-corrected chi connectivity index (χ0v) is 14.2. The number of piperazine rings is 1. The van der Waals surface area contributed by atoms with Crippen LogP contribution in [0.15, 0.2) is 0 Å². The molecule has 1 fully saturated rings. The van der Waals surface area contributed by atoms with E-state index >= 15 is 0 Å². The van der Waals surface area contributed by atoms with E-state index in [1.807, 2.05) is 11.8 Å². The minimum absolute atomic E-state index is 0.108. The normalized spacial score (nSPS) is 23.1. The SMILES string of the molecule is CCCC1CN(C(=O)C(C)(N)CCC)CCN1CCOC. The van der Waals surface area contributed by atoms with Crippen molar-refractivity contribution in [1.29, 1.82) is 0 Å². The number of hydrogen-bond donors (Lipinski definition) is 1. The van der Waals surface area contributed by atoms with Gasteiger partial charge in [-0.3, -0.25) is 9.69 Å². The minimum Gasteiger partial charge on any atom is -0.383 e. The monoisotopic (exact) mass is 299 g/mol. The summed E-state index contributed by atoms with van der Waals surface area (Å²) in [6, 6.07) is 0.431. The molecule has 2 atom stereocenters. The van der Waals surface area contributed by atoms with Gasteiger partial charge in [0.1, 0.15) is 0 Å². The maximum Gasteiger partial charge on any atom is 0.242 e. The van der Waals surface area contributed by atoms with Gasteiger partial charge in [0, 0.05) is 39.3 Å². The third-order valence-electron chi connectivity index (χ3n) is 4.35. The summed E-state index contributed by atoms with van der Waals surface area (Å²) in [4.78, 5) is 17.1. The second-order valence-corrected chi connectivity index (χ2v) is 6.39. The Morgan fingerprint density at radius 2 is 2.05 bits per heavy atom. The summed E-state index contributed by atoms with van der Waals surface area (Å²) in [5, 5.41) is 0. The van der Waals surface area contributed by atoms with Gasteiger partial charge < -0.3 is 15.4 Å². The molecule has 0 aliphatic carbocycles. The molecule has 0 radical (unpaired) electrons. The van der Waals surface area contributed by atoms with Gasteiger partial charge in [-0.25, -0.2) is 0 Å². The molecule has 0 bridgehead atoms. The van der Waals surface area contributed by atoms with E-state index in [1.165, 1.54) is 0 Å². The molecule has 5 nitrogen and oxygen atoms in total. The molecule has 1 aliphatic heterocycles. The second-order valence-electron chi connectivity index (χ2n) is 6.39. The highest BCUT2D eigenvalue weighted by atomic mass is 16.5. The molecule has 124 valence electrons. The van der Waals surface area contributed by atoms with Crippen LogP contribution in [0.2, 0.25) is 0 Å². The molecule has 2 N–H and O–H groups in total. The van der Waals surface area contributed by atoms with Crippen LogP contribution in [-0.4, -0.2) is 67.2 Å². The number of methoxy groups -OCH3 is 1. The zero-order valence-electron chi connectivity index (χ0n) is 14.2. The summed E-state index contributed by atoms with van der Waals surface area (Å²) >= 11 is 0. The van der Waals surface area contributed by atoms with Crippen molar-refractivity contribution >= 4 is 5.91 Å². The maximum atomic E-state index is 12.6. The van der Waals surface area contributed by atoms with Crippen molar-refractivity contribution in [3.05, 3.63) is 0 Å². The lowest BCUT2D eigenvalue weighted by Gasteiger charge is -2.43. The first-order valence-electron chi connectivity index (χ1n) is 8.27. The van der Waals surface area contributed by atoms with Crippen LogP contribution < -0.4 is 5.73 Å². The van der Waals surface area contributed by atoms with E-state index in [1.54, 1.807) is 7.11 Å². The molecule has 0 saturated carbocycles. The molecule has 1 saturated heterocycles. The smallest absolute Gasteiger partial charge is 0.242 e. The van der Waals surface area contributed by atoms with Crippen LogP contribution >= 0.6 is 0 Å². The summed E-state index contributed by atoms with van der Waals surface area (Å²) in [5.41, 5.74) is 5.49. The molecule has 0 aromatic rings. The third-order valence-corrected chi connectivity index (χ3v) is 4.35. The van der Waals surface area contributed by atoms with Crippen LogP contribution in [0.4, 0.5) is 0 Å². The Hall–Kier alpha value is -0.650. The van der Waals surface area contributed by atoms with Gasteiger partial charge in [-0.05, 0) is 19.8 Å². The van der Waals surface area contributed by atoms with Crippen LogP contribution in [0.1, 0.15) is 46.5 Å². The van der Waals surface area contributed by atoms with Crippen molar-refractivity contribution in [2.75, 3.05) is 39.9 Å². The third kappa shape index (κ3) is 5.24. The van der Waals surface area contributed by atoms with Crippen molar-refractivity contribution in [2.24, 2.45) is 5.73 Å². The standard InChI is InChI=1S/C16H33N3O2/c1-5-7-14-13-19(10-9-18(14)11-12-21-4)15(20)16(3,17)8-6-2/h14H,5-13,17H2,1-4H3. The van der Waals surface area contributed by atoms with Gasteiger partial charge in [-0.15, -0.1) is 0 Å². The molecule has 1 aliphatic rings. The van der Waals surface area contributed by atoms with E-state index in [0.717, 1.165) is 58.5 Å². The number of hydrogen-bond acceptors (Lipinski definition) is 4. The van der Waals surface area contributed by atoms with Crippen molar-refractivity contribution in [3.63, 3.8) is 0 Å². The first-order chi connectivity index (χ1) is 9.96. The van der Waals surface area contributed by atoms with Crippen molar-refractivity contribution in [3.8, 4) is 0 Å². The molecule has 1 rings (SSSR count). The maximum absolute atomic E-state index is 12.6. The average Bonchev–Trinajstić information content (AvgIpc) is 2.45. The lowest BCUT2D eigenvalue weighted by molar-refractivity contribution is -0.140. The highest BCUT2D eigenvalue weighted by molar-refractivity contribution is 5.85. The Bertz CT molecular complexity index is 321. The van der Waals surface area contributed by atoms with Gasteiger partial charge in [-0.2, -0.15) is 0 Å². The van der Waals surface area contributed by atoms with Gasteiger partial charge in [0.15, 0.2) is 0 Å². The fraction of sp³-hybridized carbons (Fsp3) is 0.938. The van der Waals surface area contributed by atoms with Gasteiger partial charge >= 0.3 is 0 Å². The highest BCUT2D eigenvalue weighted by Crippen LogP contribution is 2.19. The summed E-state index contributed by atoms with van der Waals surface area (Å²) in [7, 11) is 1.74. The fourth-order valence-corrected chi connectivity index (χ4v) is 3.17. The zero-order chi connectivity index (χ0) is 15.9. The van der Waals surface area contributed by atoms with Crippen LogP contribution in [0.25, 0.3) is 0 Å². The van der Waals surface area contributed by atoms with E-state index < -0.39 is 5.54 Å². The van der Waals surface area contributed by atoms with E-state index in [9.17, 15) is 4.79 Å². The predicted molar refractivity (Wildman–Crippen MR) is 86.2 cm³/mol. The van der Waals surface area contributed by atoms with Crippen molar-refractivity contribution in [2.45, 2.75) is 58.0 Å². The van der Waals surface area contributed by atoms with Gasteiger partial charge in [-0.1, -0.05) is 26.7 Å². The van der Waals surface area contributed by atoms with Crippen molar-refractivity contribution < 1.29 is 9.53 Å². The van der Waals surface area contributed by atoms with Gasteiger partial charge in [0.25, 0.3) is 0 Å².